The second kappa shape index (κ2) is 8.38. The summed E-state index contributed by atoms with van der Waals surface area (Å²) in [7, 11) is 0. The second-order valence-corrected chi connectivity index (χ2v) is 6.32. The Morgan fingerprint density at radius 2 is 1.88 bits per heavy atom. The Labute approximate surface area is 142 Å². The van der Waals surface area contributed by atoms with Gasteiger partial charge in [0.2, 0.25) is 0 Å². The number of halogens is 1. The highest BCUT2D eigenvalue weighted by Crippen LogP contribution is 2.31. The van der Waals surface area contributed by atoms with E-state index in [1.807, 2.05) is 6.07 Å². The van der Waals surface area contributed by atoms with Gasteiger partial charge < -0.3 is 9.84 Å². The van der Waals surface area contributed by atoms with Crippen molar-refractivity contribution in [3.05, 3.63) is 71.5 Å². The van der Waals surface area contributed by atoms with Gasteiger partial charge in [0.25, 0.3) is 0 Å². The molecule has 128 valence electrons. The van der Waals surface area contributed by atoms with Gasteiger partial charge in [-0.05, 0) is 31.0 Å². The van der Waals surface area contributed by atoms with Gasteiger partial charge in [0, 0.05) is 18.2 Å². The lowest BCUT2D eigenvalue weighted by Crippen LogP contribution is -2.34. The molecule has 0 radical (unpaired) electrons. The van der Waals surface area contributed by atoms with Crippen LogP contribution in [-0.2, 0) is 11.3 Å². The fourth-order valence-electron chi connectivity index (χ4n) is 3.34. The largest absolute Gasteiger partial charge is 0.389 e. The summed E-state index contributed by atoms with van der Waals surface area (Å²) in [5, 5.41) is 10.3. The van der Waals surface area contributed by atoms with E-state index >= 15 is 0 Å². The smallest absolute Gasteiger partial charge is 0.128 e. The van der Waals surface area contributed by atoms with Crippen molar-refractivity contribution < 1.29 is 14.2 Å². The van der Waals surface area contributed by atoms with E-state index in [1.54, 1.807) is 18.2 Å². The van der Waals surface area contributed by atoms with E-state index in [0.717, 1.165) is 19.4 Å². The summed E-state index contributed by atoms with van der Waals surface area (Å²) in [6, 6.07) is 17.4. The molecule has 1 aliphatic heterocycles. The highest BCUT2D eigenvalue weighted by Gasteiger charge is 2.27. The van der Waals surface area contributed by atoms with E-state index in [2.05, 4.69) is 29.2 Å². The standard InChI is InChI=1S/C20H24FNO2/c21-19-10-5-4-9-17(19)14-24-15-18(23)13-22-12-6-11-20(22)16-7-2-1-3-8-16/h1-5,7-10,18,20,23H,6,11-15H2/t18-,20-/m0/s1. The predicted octanol–water partition coefficient (Wildman–Crippen LogP) is 3.54. The first-order chi connectivity index (χ1) is 11.7. The molecule has 0 spiro atoms. The average molecular weight is 329 g/mol. The zero-order valence-electron chi connectivity index (χ0n) is 13.8. The topological polar surface area (TPSA) is 32.7 Å². The monoisotopic (exact) mass is 329 g/mol. The molecule has 2 aromatic rings. The molecular formula is C20H24FNO2. The summed E-state index contributed by atoms with van der Waals surface area (Å²) in [4.78, 5) is 2.31. The quantitative estimate of drug-likeness (QED) is 0.843. The predicted molar refractivity (Wildman–Crippen MR) is 92.1 cm³/mol. The zero-order valence-corrected chi connectivity index (χ0v) is 13.8. The maximum absolute atomic E-state index is 13.5. The number of hydrogen-bond donors (Lipinski definition) is 1. The van der Waals surface area contributed by atoms with Crippen LogP contribution in [0.15, 0.2) is 54.6 Å². The van der Waals surface area contributed by atoms with Crippen LogP contribution >= 0.6 is 0 Å². The average Bonchev–Trinajstić information content (AvgIpc) is 3.05. The Kier molecular flexibility index (Phi) is 5.96. The lowest BCUT2D eigenvalue weighted by Gasteiger charge is -2.27. The van der Waals surface area contributed by atoms with Crippen LogP contribution in [0, 0.1) is 5.82 Å². The van der Waals surface area contributed by atoms with E-state index in [0.29, 0.717) is 18.2 Å². The summed E-state index contributed by atoms with van der Waals surface area (Å²) < 4.78 is 19.0. The van der Waals surface area contributed by atoms with E-state index in [-0.39, 0.29) is 19.0 Å². The molecule has 1 fully saturated rings. The summed E-state index contributed by atoms with van der Waals surface area (Å²) in [6.07, 6.45) is 1.69. The van der Waals surface area contributed by atoms with Crippen LogP contribution in [0.1, 0.15) is 30.0 Å². The molecule has 0 bridgehead atoms. The van der Waals surface area contributed by atoms with Gasteiger partial charge in [0.15, 0.2) is 0 Å². The van der Waals surface area contributed by atoms with Gasteiger partial charge in [0.1, 0.15) is 5.82 Å². The van der Waals surface area contributed by atoms with Crippen LogP contribution in [-0.4, -0.2) is 35.8 Å². The third kappa shape index (κ3) is 4.41. The molecule has 3 nitrogen and oxygen atoms in total. The molecule has 24 heavy (non-hydrogen) atoms. The fourth-order valence-corrected chi connectivity index (χ4v) is 3.34. The molecule has 4 heteroatoms. The number of ether oxygens (including phenoxy) is 1. The number of nitrogens with zero attached hydrogens (tertiary/aromatic N) is 1. The molecule has 1 aliphatic rings. The zero-order chi connectivity index (χ0) is 16.8. The number of aliphatic hydroxyl groups excluding tert-OH is 1. The molecule has 3 rings (SSSR count). The van der Waals surface area contributed by atoms with Gasteiger partial charge in [-0.3, -0.25) is 4.90 Å². The minimum absolute atomic E-state index is 0.186. The molecule has 1 N–H and O–H groups in total. The second-order valence-electron chi connectivity index (χ2n) is 6.32. The minimum Gasteiger partial charge on any atom is -0.389 e. The number of hydrogen-bond acceptors (Lipinski definition) is 3. The minimum atomic E-state index is -0.568. The highest BCUT2D eigenvalue weighted by molar-refractivity contribution is 5.20. The summed E-state index contributed by atoms with van der Waals surface area (Å²) in [5.41, 5.74) is 1.82. The highest BCUT2D eigenvalue weighted by atomic mass is 19.1. The molecule has 0 saturated carbocycles. The summed E-state index contributed by atoms with van der Waals surface area (Å²) in [6.45, 7) is 1.97. The maximum Gasteiger partial charge on any atom is 0.128 e. The van der Waals surface area contributed by atoms with Crippen molar-refractivity contribution in [1.29, 1.82) is 0 Å². The Hall–Kier alpha value is -1.75. The van der Waals surface area contributed by atoms with Crippen LogP contribution in [0.2, 0.25) is 0 Å². The normalized spacial score (nSPS) is 19.5. The van der Waals surface area contributed by atoms with Crippen molar-refractivity contribution in [2.75, 3.05) is 19.7 Å². The maximum atomic E-state index is 13.5. The summed E-state index contributed by atoms with van der Waals surface area (Å²) in [5.74, 6) is -0.268. The van der Waals surface area contributed by atoms with Crippen LogP contribution in [0.5, 0.6) is 0 Å². The van der Waals surface area contributed by atoms with Gasteiger partial charge >= 0.3 is 0 Å². The molecule has 1 saturated heterocycles. The SMILES string of the molecule is O[C@H](COCc1ccccc1F)CN1CCC[C@H]1c1ccccc1. The molecule has 0 aliphatic carbocycles. The van der Waals surface area contributed by atoms with Crippen molar-refractivity contribution in [2.24, 2.45) is 0 Å². The number of likely N-dealkylation sites (tertiary alicyclic amines) is 1. The Bertz CT molecular complexity index is 635. The van der Waals surface area contributed by atoms with E-state index in [4.69, 9.17) is 4.74 Å². The summed E-state index contributed by atoms with van der Waals surface area (Å²) >= 11 is 0. The molecule has 0 amide bonds. The van der Waals surface area contributed by atoms with Crippen molar-refractivity contribution in [1.82, 2.24) is 4.90 Å². The Morgan fingerprint density at radius 3 is 2.67 bits per heavy atom. The van der Waals surface area contributed by atoms with Crippen molar-refractivity contribution in [3.8, 4) is 0 Å². The molecule has 0 unspecified atom stereocenters. The Balaban J connectivity index is 1.48. The third-order valence-corrected chi connectivity index (χ3v) is 4.52. The molecule has 2 aromatic carbocycles. The molecule has 2 atom stereocenters. The molecule has 1 heterocycles. The number of rotatable bonds is 7. The van der Waals surface area contributed by atoms with E-state index < -0.39 is 6.10 Å². The van der Waals surface area contributed by atoms with Crippen molar-refractivity contribution in [3.63, 3.8) is 0 Å². The van der Waals surface area contributed by atoms with E-state index in [9.17, 15) is 9.50 Å². The molecular weight excluding hydrogens is 305 g/mol. The first-order valence-corrected chi connectivity index (χ1v) is 8.52. The van der Waals surface area contributed by atoms with Gasteiger partial charge in [-0.1, -0.05) is 48.5 Å². The lowest BCUT2D eigenvalue weighted by molar-refractivity contribution is 0.00698. The van der Waals surface area contributed by atoms with Gasteiger partial charge in [-0.2, -0.15) is 0 Å². The fraction of sp³-hybridized carbons (Fsp3) is 0.400. The van der Waals surface area contributed by atoms with E-state index in [1.165, 1.54) is 11.6 Å². The van der Waals surface area contributed by atoms with Crippen LogP contribution < -0.4 is 0 Å². The first-order valence-electron chi connectivity index (χ1n) is 8.52. The molecule has 0 aromatic heterocycles. The third-order valence-electron chi connectivity index (χ3n) is 4.52. The van der Waals surface area contributed by atoms with Gasteiger partial charge in [-0.15, -0.1) is 0 Å². The first kappa shape index (κ1) is 17.1. The van der Waals surface area contributed by atoms with Crippen molar-refractivity contribution in [2.45, 2.75) is 31.6 Å². The van der Waals surface area contributed by atoms with Gasteiger partial charge in [-0.25, -0.2) is 4.39 Å². The van der Waals surface area contributed by atoms with Crippen LogP contribution in [0.25, 0.3) is 0 Å². The van der Waals surface area contributed by atoms with Crippen molar-refractivity contribution >= 4 is 0 Å². The number of β-amino-alcohol motifs (C(OH)–C–C–N with tert-alkyl or cyclic N) is 1. The lowest BCUT2D eigenvalue weighted by atomic mass is 10.0. The Morgan fingerprint density at radius 1 is 1.12 bits per heavy atom. The van der Waals surface area contributed by atoms with Crippen LogP contribution in [0.4, 0.5) is 4.39 Å². The number of benzene rings is 2. The van der Waals surface area contributed by atoms with Gasteiger partial charge in [0.05, 0.1) is 19.3 Å². The van der Waals surface area contributed by atoms with Crippen LogP contribution in [0.3, 0.4) is 0 Å². The number of aliphatic hydroxyl groups is 1.